The molecule has 2 aromatic rings. The number of aromatic nitrogens is 2. The average Bonchev–Trinajstić information content (AvgIpc) is 3.30. The van der Waals surface area contributed by atoms with E-state index in [1.807, 2.05) is 42.1 Å². The van der Waals surface area contributed by atoms with E-state index in [4.69, 9.17) is 15.2 Å². The molecule has 2 heterocycles. The molecule has 8 nitrogen and oxygen atoms in total. The minimum absolute atomic E-state index is 0.00808. The van der Waals surface area contributed by atoms with Crippen LogP contribution in [0.5, 0.6) is 0 Å². The number of nitrogens with one attached hydrogen (secondary N) is 2. The molecule has 2 aliphatic rings. The highest BCUT2D eigenvalue weighted by Crippen LogP contribution is 2.41. The van der Waals surface area contributed by atoms with Crippen LogP contribution in [0.2, 0.25) is 0 Å². The summed E-state index contributed by atoms with van der Waals surface area (Å²) in [5, 5.41) is 11.2. The summed E-state index contributed by atoms with van der Waals surface area (Å²) < 4.78 is 13.6. The van der Waals surface area contributed by atoms with Gasteiger partial charge in [0.05, 0.1) is 19.3 Å². The van der Waals surface area contributed by atoms with Gasteiger partial charge in [-0.3, -0.25) is 9.48 Å². The Morgan fingerprint density at radius 1 is 1.30 bits per heavy atom. The summed E-state index contributed by atoms with van der Waals surface area (Å²) in [7, 11) is 1.94. The second-order valence-electron chi connectivity index (χ2n) is 7.04. The van der Waals surface area contributed by atoms with E-state index in [1.165, 1.54) is 0 Å². The molecule has 8 heteroatoms. The van der Waals surface area contributed by atoms with Gasteiger partial charge in [-0.15, -0.1) is 0 Å². The van der Waals surface area contributed by atoms with Crippen LogP contribution < -0.4 is 16.4 Å². The first-order chi connectivity index (χ1) is 13.1. The van der Waals surface area contributed by atoms with Gasteiger partial charge in [-0.2, -0.15) is 5.10 Å². The predicted octanol–water partition coefficient (Wildman–Crippen LogP) is 1.78. The molecule has 4 N–H and O–H groups in total. The van der Waals surface area contributed by atoms with Gasteiger partial charge in [0.1, 0.15) is 5.56 Å². The van der Waals surface area contributed by atoms with Gasteiger partial charge in [-0.25, -0.2) is 0 Å². The first-order valence-corrected chi connectivity index (χ1v) is 9.26. The number of benzene rings is 1. The van der Waals surface area contributed by atoms with E-state index in [1.54, 1.807) is 6.20 Å². The fourth-order valence-corrected chi connectivity index (χ4v) is 4.00. The van der Waals surface area contributed by atoms with Crippen LogP contribution in [0.3, 0.4) is 0 Å². The van der Waals surface area contributed by atoms with Crippen LogP contribution >= 0.6 is 0 Å². The van der Waals surface area contributed by atoms with E-state index < -0.39 is 11.7 Å². The summed E-state index contributed by atoms with van der Waals surface area (Å²) in [5.74, 6) is -0.611. The number of para-hydroxylation sites is 1. The zero-order valence-corrected chi connectivity index (χ0v) is 15.4. The Morgan fingerprint density at radius 3 is 2.70 bits per heavy atom. The molecule has 0 radical (unpaired) electrons. The number of carbonyl (C=O) groups is 1. The van der Waals surface area contributed by atoms with Gasteiger partial charge in [0.15, 0.2) is 11.6 Å². The van der Waals surface area contributed by atoms with Gasteiger partial charge in [0, 0.05) is 30.8 Å². The Kier molecular flexibility index (Phi) is 4.86. The SMILES string of the molecule is CNC1CCC2(CC1n1cc(C(N)=O)c(Nc3ccccc3)n1)OCCO2. The zero-order chi connectivity index (χ0) is 18.9. The van der Waals surface area contributed by atoms with Gasteiger partial charge in [-0.05, 0) is 25.6 Å². The number of nitrogens with zero attached hydrogens (tertiary/aromatic N) is 2. The fourth-order valence-electron chi connectivity index (χ4n) is 4.00. The molecule has 1 saturated carbocycles. The first kappa shape index (κ1) is 18.0. The molecular weight excluding hydrogens is 346 g/mol. The Balaban J connectivity index is 1.65. The van der Waals surface area contributed by atoms with Gasteiger partial charge in [0.25, 0.3) is 5.91 Å². The number of nitrogens with two attached hydrogens (primary N) is 1. The van der Waals surface area contributed by atoms with E-state index in [0.29, 0.717) is 31.0 Å². The molecule has 27 heavy (non-hydrogen) atoms. The van der Waals surface area contributed by atoms with Gasteiger partial charge in [-0.1, -0.05) is 18.2 Å². The van der Waals surface area contributed by atoms with Crippen LogP contribution in [-0.4, -0.2) is 47.8 Å². The van der Waals surface area contributed by atoms with Crippen molar-refractivity contribution >= 4 is 17.4 Å². The normalized spacial score (nSPS) is 24.2. The van der Waals surface area contributed by atoms with E-state index in [0.717, 1.165) is 18.5 Å². The van der Waals surface area contributed by atoms with Crippen LogP contribution in [0.1, 0.15) is 35.7 Å². The number of amides is 1. The number of likely N-dealkylation sites (N-methyl/N-ethyl adjacent to an activating group) is 1. The summed E-state index contributed by atoms with van der Waals surface area (Å²) in [4.78, 5) is 12.0. The number of primary amides is 1. The topological polar surface area (TPSA) is 103 Å². The Hall–Kier alpha value is -2.42. The standard InChI is InChI=1S/C19H25N5O3/c1-21-15-7-8-19(26-9-10-27-19)11-16(15)24-12-14(17(20)25)18(23-24)22-13-5-3-2-4-6-13/h2-6,12,15-16,21H,7-11H2,1H3,(H2,20,25)(H,22,23). The Labute approximate surface area is 158 Å². The Bertz CT molecular complexity index is 801. The van der Waals surface area contributed by atoms with Crippen molar-refractivity contribution in [2.24, 2.45) is 5.73 Å². The molecule has 1 spiro atoms. The molecule has 1 saturated heterocycles. The molecular formula is C19H25N5O3. The van der Waals surface area contributed by atoms with Gasteiger partial charge >= 0.3 is 0 Å². The monoisotopic (exact) mass is 371 g/mol. The first-order valence-electron chi connectivity index (χ1n) is 9.26. The average molecular weight is 371 g/mol. The minimum atomic E-state index is -0.552. The third-order valence-electron chi connectivity index (χ3n) is 5.38. The third kappa shape index (κ3) is 3.55. The number of carbonyl (C=O) groups excluding carboxylic acids is 1. The van der Waals surface area contributed by atoms with E-state index in [-0.39, 0.29) is 12.1 Å². The molecule has 4 rings (SSSR count). The predicted molar refractivity (Wildman–Crippen MR) is 101 cm³/mol. The van der Waals surface area contributed by atoms with Gasteiger partial charge in [0.2, 0.25) is 0 Å². The van der Waals surface area contributed by atoms with Crippen molar-refractivity contribution in [3.63, 3.8) is 0 Å². The highest BCUT2D eigenvalue weighted by atomic mass is 16.7. The minimum Gasteiger partial charge on any atom is -0.365 e. The maximum atomic E-state index is 12.0. The zero-order valence-electron chi connectivity index (χ0n) is 15.4. The van der Waals surface area contributed by atoms with E-state index >= 15 is 0 Å². The smallest absolute Gasteiger partial charge is 0.254 e. The summed E-state index contributed by atoms with van der Waals surface area (Å²) in [6.45, 7) is 1.23. The number of ether oxygens (including phenoxy) is 2. The highest BCUT2D eigenvalue weighted by Gasteiger charge is 2.46. The van der Waals surface area contributed by atoms with Crippen molar-refractivity contribution in [3.05, 3.63) is 42.1 Å². The molecule has 2 atom stereocenters. The highest BCUT2D eigenvalue weighted by molar-refractivity contribution is 5.98. The van der Waals surface area contributed by atoms with Crippen molar-refractivity contribution in [1.82, 2.24) is 15.1 Å². The molecule has 2 unspecified atom stereocenters. The van der Waals surface area contributed by atoms with Gasteiger partial charge < -0.3 is 25.8 Å². The van der Waals surface area contributed by atoms with Crippen LogP contribution in [-0.2, 0) is 9.47 Å². The molecule has 1 aliphatic carbocycles. The van der Waals surface area contributed by atoms with E-state index in [9.17, 15) is 4.79 Å². The fraction of sp³-hybridized carbons (Fsp3) is 0.474. The molecule has 144 valence electrons. The largest absolute Gasteiger partial charge is 0.365 e. The quantitative estimate of drug-likeness (QED) is 0.740. The molecule has 1 aromatic carbocycles. The van der Waals surface area contributed by atoms with Crippen molar-refractivity contribution in [1.29, 1.82) is 0 Å². The van der Waals surface area contributed by atoms with Crippen LogP contribution in [0.4, 0.5) is 11.5 Å². The van der Waals surface area contributed by atoms with E-state index in [2.05, 4.69) is 15.7 Å². The maximum Gasteiger partial charge on any atom is 0.254 e. The number of anilines is 2. The summed E-state index contributed by atoms with van der Waals surface area (Å²) >= 11 is 0. The summed E-state index contributed by atoms with van der Waals surface area (Å²) in [6.07, 6.45) is 4.13. The lowest BCUT2D eigenvalue weighted by atomic mass is 9.85. The number of hydrogen-bond acceptors (Lipinski definition) is 6. The molecule has 1 amide bonds. The van der Waals surface area contributed by atoms with Crippen LogP contribution in [0.25, 0.3) is 0 Å². The summed E-state index contributed by atoms with van der Waals surface area (Å²) in [6, 6.07) is 9.78. The molecule has 1 aliphatic heterocycles. The maximum absolute atomic E-state index is 12.0. The van der Waals surface area contributed by atoms with Crippen molar-refractivity contribution in [2.75, 3.05) is 25.6 Å². The number of rotatable bonds is 5. The molecule has 0 bridgehead atoms. The summed E-state index contributed by atoms with van der Waals surface area (Å²) in [5.41, 5.74) is 6.80. The second-order valence-corrected chi connectivity index (χ2v) is 7.04. The Morgan fingerprint density at radius 2 is 2.04 bits per heavy atom. The van der Waals surface area contributed by atoms with Crippen molar-refractivity contribution < 1.29 is 14.3 Å². The van der Waals surface area contributed by atoms with Crippen molar-refractivity contribution in [3.8, 4) is 0 Å². The lowest BCUT2D eigenvalue weighted by Gasteiger charge is -2.40. The van der Waals surface area contributed by atoms with Crippen LogP contribution in [0.15, 0.2) is 36.5 Å². The second kappa shape index (κ2) is 7.30. The van der Waals surface area contributed by atoms with Crippen molar-refractivity contribution in [2.45, 2.75) is 37.1 Å². The molecule has 1 aromatic heterocycles. The lowest BCUT2D eigenvalue weighted by Crippen LogP contribution is -2.48. The van der Waals surface area contributed by atoms with Crippen LogP contribution in [0, 0.1) is 0 Å². The third-order valence-corrected chi connectivity index (χ3v) is 5.38. The number of hydrogen-bond donors (Lipinski definition) is 3. The lowest BCUT2D eigenvalue weighted by molar-refractivity contribution is -0.189. The molecule has 2 fully saturated rings.